The van der Waals surface area contributed by atoms with Crippen molar-refractivity contribution >= 4 is 21.9 Å². The van der Waals surface area contributed by atoms with E-state index in [0.717, 1.165) is 23.1 Å². The topological polar surface area (TPSA) is 40.5 Å². The maximum atomic E-state index is 11.2. The summed E-state index contributed by atoms with van der Waals surface area (Å²) in [5.41, 5.74) is 2.28. The number of carboxylic acid groups (broad SMARTS) is 1. The van der Waals surface area contributed by atoms with E-state index in [4.69, 9.17) is 0 Å². The van der Waals surface area contributed by atoms with Gasteiger partial charge in [-0.3, -0.25) is 9.69 Å². The Bertz CT molecular complexity index is 468. The SMILES string of the molecule is Cc1ccc(C(CC(=O)O)N2CCCCCC2)cc1Br. The van der Waals surface area contributed by atoms with Crippen molar-refractivity contribution in [3.05, 3.63) is 33.8 Å². The molecule has 2 rings (SSSR count). The summed E-state index contributed by atoms with van der Waals surface area (Å²) in [6, 6.07) is 6.20. The zero-order valence-electron chi connectivity index (χ0n) is 11.9. The predicted molar refractivity (Wildman–Crippen MR) is 83.9 cm³/mol. The molecule has 0 aromatic heterocycles. The van der Waals surface area contributed by atoms with E-state index >= 15 is 0 Å². The molecule has 0 bridgehead atoms. The van der Waals surface area contributed by atoms with E-state index in [0.29, 0.717) is 0 Å². The highest BCUT2D eigenvalue weighted by molar-refractivity contribution is 9.10. The molecule has 1 aromatic carbocycles. The van der Waals surface area contributed by atoms with Crippen molar-refractivity contribution in [2.75, 3.05) is 13.1 Å². The molecule has 4 heteroatoms. The van der Waals surface area contributed by atoms with Crippen molar-refractivity contribution in [2.24, 2.45) is 0 Å². The molecule has 20 heavy (non-hydrogen) atoms. The standard InChI is InChI=1S/C16H22BrNO2/c1-12-6-7-13(10-14(12)17)15(11-16(19)20)18-8-4-2-3-5-9-18/h6-7,10,15H,2-5,8-9,11H2,1H3,(H,19,20). The molecule has 0 amide bonds. The Hall–Kier alpha value is -0.870. The van der Waals surface area contributed by atoms with Crippen molar-refractivity contribution in [2.45, 2.75) is 45.1 Å². The molecule has 1 aliphatic rings. The van der Waals surface area contributed by atoms with Crippen LogP contribution in [0.4, 0.5) is 0 Å². The molecule has 1 unspecified atom stereocenters. The fourth-order valence-electron chi connectivity index (χ4n) is 2.85. The summed E-state index contributed by atoms with van der Waals surface area (Å²) in [7, 11) is 0. The first-order valence-electron chi connectivity index (χ1n) is 7.30. The molecule has 0 saturated carbocycles. The van der Waals surface area contributed by atoms with E-state index in [1.807, 2.05) is 6.92 Å². The fourth-order valence-corrected chi connectivity index (χ4v) is 3.24. The van der Waals surface area contributed by atoms with Gasteiger partial charge in [-0.05, 0) is 50.0 Å². The Balaban J connectivity index is 2.25. The number of aryl methyl sites for hydroxylation is 1. The van der Waals surface area contributed by atoms with E-state index in [1.165, 1.54) is 31.2 Å². The minimum absolute atomic E-state index is 0.0116. The van der Waals surface area contributed by atoms with Crippen molar-refractivity contribution in [1.82, 2.24) is 4.90 Å². The lowest BCUT2D eigenvalue weighted by molar-refractivity contribution is -0.138. The van der Waals surface area contributed by atoms with Crippen LogP contribution in [0.3, 0.4) is 0 Å². The third-order valence-corrected chi connectivity index (χ3v) is 4.88. The maximum absolute atomic E-state index is 11.2. The Kier molecular flexibility index (Phi) is 5.61. The van der Waals surface area contributed by atoms with Gasteiger partial charge in [0, 0.05) is 10.5 Å². The van der Waals surface area contributed by atoms with Gasteiger partial charge in [0.15, 0.2) is 0 Å². The summed E-state index contributed by atoms with van der Waals surface area (Å²) >= 11 is 3.55. The van der Waals surface area contributed by atoms with Gasteiger partial charge >= 0.3 is 5.97 Å². The Morgan fingerprint density at radius 3 is 2.50 bits per heavy atom. The summed E-state index contributed by atoms with van der Waals surface area (Å²) in [5, 5.41) is 9.23. The monoisotopic (exact) mass is 339 g/mol. The second-order valence-corrected chi connectivity index (χ2v) is 6.43. The Morgan fingerprint density at radius 2 is 1.95 bits per heavy atom. The summed E-state index contributed by atoms with van der Waals surface area (Å²) < 4.78 is 1.06. The number of rotatable bonds is 4. The predicted octanol–water partition coefficient (Wildman–Crippen LogP) is 4.15. The largest absolute Gasteiger partial charge is 0.481 e. The number of nitrogens with zero attached hydrogens (tertiary/aromatic N) is 1. The van der Waals surface area contributed by atoms with E-state index in [2.05, 4.69) is 39.0 Å². The summed E-state index contributed by atoms with van der Waals surface area (Å²) in [5.74, 6) is -0.726. The smallest absolute Gasteiger partial charge is 0.305 e. The van der Waals surface area contributed by atoms with Crippen molar-refractivity contribution in [3.8, 4) is 0 Å². The molecule has 1 N–H and O–H groups in total. The zero-order valence-corrected chi connectivity index (χ0v) is 13.5. The van der Waals surface area contributed by atoms with Gasteiger partial charge in [0.05, 0.1) is 6.42 Å². The van der Waals surface area contributed by atoms with Crippen LogP contribution in [-0.2, 0) is 4.79 Å². The van der Waals surface area contributed by atoms with Gasteiger partial charge in [0.1, 0.15) is 0 Å². The average molecular weight is 340 g/mol. The van der Waals surface area contributed by atoms with E-state index in [1.54, 1.807) is 0 Å². The number of carbonyl (C=O) groups is 1. The van der Waals surface area contributed by atoms with Crippen LogP contribution >= 0.6 is 15.9 Å². The lowest BCUT2D eigenvalue weighted by Gasteiger charge is -2.30. The second-order valence-electron chi connectivity index (χ2n) is 5.57. The Morgan fingerprint density at radius 1 is 1.30 bits per heavy atom. The number of hydrogen-bond acceptors (Lipinski definition) is 2. The normalized spacial score (nSPS) is 18.5. The van der Waals surface area contributed by atoms with Crippen molar-refractivity contribution in [3.63, 3.8) is 0 Å². The molecule has 1 heterocycles. The average Bonchev–Trinajstić information content (AvgIpc) is 2.68. The van der Waals surface area contributed by atoms with Gasteiger partial charge in [-0.15, -0.1) is 0 Å². The third kappa shape index (κ3) is 4.06. The van der Waals surface area contributed by atoms with Crippen LogP contribution in [0.5, 0.6) is 0 Å². The van der Waals surface area contributed by atoms with Crippen LogP contribution in [0.1, 0.15) is 49.3 Å². The first kappa shape index (κ1) is 15.5. The molecular formula is C16H22BrNO2. The van der Waals surface area contributed by atoms with Crippen LogP contribution in [0.15, 0.2) is 22.7 Å². The first-order valence-corrected chi connectivity index (χ1v) is 8.09. The van der Waals surface area contributed by atoms with E-state index in [9.17, 15) is 9.90 Å². The Labute approximate surface area is 129 Å². The third-order valence-electron chi connectivity index (χ3n) is 4.03. The molecule has 1 aromatic rings. The van der Waals surface area contributed by atoms with Gasteiger partial charge in [-0.1, -0.05) is 40.9 Å². The lowest BCUT2D eigenvalue weighted by atomic mass is 10.0. The molecule has 0 radical (unpaired) electrons. The van der Waals surface area contributed by atoms with E-state index < -0.39 is 5.97 Å². The van der Waals surface area contributed by atoms with Crippen LogP contribution in [0.25, 0.3) is 0 Å². The summed E-state index contributed by atoms with van der Waals surface area (Å²) in [6.45, 7) is 4.05. The number of carboxylic acids is 1. The van der Waals surface area contributed by atoms with Gasteiger partial charge in [-0.2, -0.15) is 0 Å². The van der Waals surface area contributed by atoms with Gasteiger partial charge in [-0.25, -0.2) is 0 Å². The molecule has 0 spiro atoms. The molecule has 0 aliphatic carbocycles. The zero-order chi connectivity index (χ0) is 14.5. The van der Waals surface area contributed by atoms with E-state index in [-0.39, 0.29) is 12.5 Å². The molecule has 1 fully saturated rings. The van der Waals surface area contributed by atoms with Gasteiger partial charge in [0.2, 0.25) is 0 Å². The molecule has 1 aliphatic heterocycles. The fraction of sp³-hybridized carbons (Fsp3) is 0.562. The second kappa shape index (κ2) is 7.23. The highest BCUT2D eigenvalue weighted by Gasteiger charge is 2.24. The minimum atomic E-state index is -0.726. The highest BCUT2D eigenvalue weighted by atomic mass is 79.9. The number of halogens is 1. The first-order chi connectivity index (χ1) is 9.58. The molecular weight excluding hydrogens is 318 g/mol. The minimum Gasteiger partial charge on any atom is -0.481 e. The number of aliphatic carboxylic acids is 1. The maximum Gasteiger partial charge on any atom is 0.305 e. The number of likely N-dealkylation sites (tertiary alicyclic amines) is 1. The van der Waals surface area contributed by atoms with Crippen molar-refractivity contribution in [1.29, 1.82) is 0 Å². The summed E-state index contributed by atoms with van der Waals surface area (Å²) in [6.07, 6.45) is 5.03. The van der Waals surface area contributed by atoms with Crippen LogP contribution < -0.4 is 0 Å². The van der Waals surface area contributed by atoms with Crippen molar-refractivity contribution < 1.29 is 9.90 Å². The lowest BCUT2D eigenvalue weighted by Crippen LogP contribution is -2.31. The number of benzene rings is 1. The van der Waals surface area contributed by atoms with Gasteiger partial charge < -0.3 is 5.11 Å². The quantitative estimate of drug-likeness (QED) is 0.895. The van der Waals surface area contributed by atoms with Crippen LogP contribution in [0.2, 0.25) is 0 Å². The van der Waals surface area contributed by atoms with Crippen LogP contribution in [-0.4, -0.2) is 29.1 Å². The summed E-state index contributed by atoms with van der Waals surface area (Å²) in [4.78, 5) is 13.6. The highest BCUT2D eigenvalue weighted by Crippen LogP contribution is 2.30. The number of hydrogen-bond donors (Lipinski definition) is 1. The van der Waals surface area contributed by atoms with Gasteiger partial charge in [0.25, 0.3) is 0 Å². The molecule has 110 valence electrons. The molecule has 1 atom stereocenters. The van der Waals surface area contributed by atoms with Crippen LogP contribution in [0, 0.1) is 6.92 Å². The molecule has 1 saturated heterocycles. The molecule has 3 nitrogen and oxygen atoms in total.